The van der Waals surface area contributed by atoms with Crippen LogP contribution >= 0.6 is 12.2 Å². The number of furan rings is 1. The number of rotatable bonds is 6. The van der Waals surface area contributed by atoms with Crippen LogP contribution in [0.5, 0.6) is 0 Å². The predicted octanol–water partition coefficient (Wildman–Crippen LogP) is 2.68. The van der Waals surface area contributed by atoms with Crippen LogP contribution in [0.1, 0.15) is 30.0 Å². The molecule has 1 N–H and O–H groups in total. The molecule has 0 spiro atoms. The Labute approximate surface area is 135 Å². The third-order valence-corrected chi connectivity index (χ3v) is 4.13. The van der Waals surface area contributed by atoms with E-state index in [1.54, 1.807) is 19.6 Å². The molecule has 2 aromatic rings. The highest BCUT2D eigenvalue weighted by molar-refractivity contribution is 7.80. The Morgan fingerprint density at radius 1 is 1.36 bits per heavy atom. The maximum absolute atomic E-state index is 5.65. The van der Waals surface area contributed by atoms with Gasteiger partial charge in [0.15, 0.2) is 5.11 Å². The van der Waals surface area contributed by atoms with Crippen molar-refractivity contribution in [3.05, 3.63) is 54.2 Å². The minimum absolute atomic E-state index is 0.00857. The number of hydrogen-bond acceptors (Lipinski definition) is 4. The van der Waals surface area contributed by atoms with Gasteiger partial charge in [0.25, 0.3) is 0 Å². The molecular formula is C16H19N3O2S. The third-order valence-electron chi connectivity index (χ3n) is 3.78. The van der Waals surface area contributed by atoms with Gasteiger partial charge in [0.1, 0.15) is 11.8 Å². The summed E-state index contributed by atoms with van der Waals surface area (Å²) in [6, 6.07) is 9.79. The molecule has 5 nitrogen and oxygen atoms in total. The Bertz CT molecular complexity index is 603. The summed E-state index contributed by atoms with van der Waals surface area (Å²) in [7, 11) is 1.71. The van der Waals surface area contributed by atoms with Crippen LogP contribution in [0.25, 0.3) is 0 Å². The van der Waals surface area contributed by atoms with Crippen LogP contribution in [0, 0.1) is 0 Å². The number of nitrogens with zero attached hydrogens (tertiary/aromatic N) is 2. The molecule has 0 radical (unpaired) electrons. The zero-order valence-corrected chi connectivity index (χ0v) is 13.3. The van der Waals surface area contributed by atoms with Gasteiger partial charge >= 0.3 is 0 Å². The van der Waals surface area contributed by atoms with Gasteiger partial charge in [-0.1, -0.05) is 6.07 Å². The summed E-state index contributed by atoms with van der Waals surface area (Å²) < 4.78 is 10.8. The van der Waals surface area contributed by atoms with Crippen molar-refractivity contribution in [2.75, 3.05) is 20.3 Å². The molecular weight excluding hydrogens is 298 g/mol. The van der Waals surface area contributed by atoms with E-state index in [4.69, 9.17) is 21.4 Å². The van der Waals surface area contributed by atoms with E-state index in [-0.39, 0.29) is 12.1 Å². The number of aromatic nitrogens is 1. The van der Waals surface area contributed by atoms with Gasteiger partial charge < -0.3 is 19.4 Å². The highest BCUT2D eigenvalue weighted by atomic mass is 32.1. The topological polar surface area (TPSA) is 50.5 Å². The van der Waals surface area contributed by atoms with Crippen LogP contribution in [0.3, 0.4) is 0 Å². The summed E-state index contributed by atoms with van der Waals surface area (Å²) in [6.07, 6.45) is 4.40. The lowest BCUT2D eigenvalue weighted by Gasteiger charge is -2.25. The van der Waals surface area contributed by atoms with Crippen molar-refractivity contribution < 1.29 is 9.15 Å². The summed E-state index contributed by atoms with van der Waals surface area (Å²) in [5.41, 5.74) is 0.959. The first-order chi connectivity index (χ1) is 10.8. The van der Waals surface area contributed by atoms with Gasteiger partial charge in [-0.15, -0.1) is 0 Å². The second-order valence-electron chi connectivity index (χ2n) is 5.18. The molecule has 1 fully saturated rings. The first-order valence-electron chi connectivity index (χ1n) is 7.31. The average Bonchev–Trinajstić information content (AvgIpc) is 3.17. The zero-order valence-electron chi connectivity index (χ0n) is 12.4. The summed E-state index contributed by atoms with van der Waals surface area (Å²) >= 11 is 5.52. The Morgan fingerprint density at radius 2 is 2.27 bits per heavy atom. The molecule has 3 heterocycles. The van der Waals surface area contributed by atoms with Crippen molar-refractivity contribution in [3.8, 4) is 0 Å². The maximum Gasteiger partial charge on any atom is 0.170 e. The van der Waals surface area contributed by atoms with E-state index >= 15 is 0 Å². The van der Waals surface area contributed by atoms with Gasteiger partial charge in [-0.3, -0.25) is 4.98 Å². The molecule has 3 rings (SSSR count). The molecule has 2 atom stereocenters. The summed E-state index contributed by atoms with van der Waals surface area (Å²) in [4.78, 5) is 6.63. The molecule has 2 aromatic heterocycles. The van der Waals surface area contributed by atoms with E-state index in [9.17, 15) is 0 Å². The van der Waals surface area contributed by atoms with Crippen molar-refractivity contribution >= 4 is 17.3 Å². The van der Waals surface area contributed by atoms with Crippen molar-refractivity contribution in [2.45, 2.75) is 18.5 Å². The number of ether oxygens (including phenoxy) is 1. The minimum atomic E-state index is -0.0117. The molecule has 1 saturated heterocycles. The van der Waals surface area contributed by atoms with Crippen LogP contribution in [-0.4, -0.2) is 35.3 Å². The lowest BCUT2D eigenvalue weighted by atomic mass is 10.0. The fraction of sp³-hybridized carbons (Fsp3) is 0.375. The summed E-state index contributed by atoms with van der Waals surface area (Å²) in [6.45, 7) is 1.52. The van der Waals surface area contributed by atoms with Gasteiger partial charge in [0, 0.05) is 26.5 Å². The number of thiocarbonyl (C=S) groups is 1. The Kier molecular flexibility index (Phi) is 4.70. The summed E-state index contributed by atoms with van der Waals surface area (Å²) in [5.74, 6) is 0.889. The predicted molar refractivity (Wildman–Crippen MR) is 87.4 cm³/mol. The second kappa shape index (κ2) is 6.89. The number of pyridine rings is 1. The highest BCUT2D eigenvalue weighted by Gasteiger charge is 2.40. The van der Waals surface area contributed by atoms with Crippen molar-refractivity contribution in [1.29, 1.82) is 0 Å². The Morgan fingerprint density at radius 3 is 2.95 bits per heavy atom. The van der Waals surface area contributed by atoms with Gasteiger partial charge in [-0.2, -0.15) is 0 Å². The van der Waals surface area contributed by atoms with Crippen LogP contribution in [0.15, 0.2) is 47.2 Å². The number of methoxy groups -OCH3 is 1. The minimum Gasteiger partial charge on any atom is -0.467 e. The molecule has 1 aliphatic heterocycles. The van der Waals surface area contributed by atoms with Gasteiger partial charge in [0.05, 0.1) is 18.0 Å². The van der Waals surface area contributed by atoms with E-state index in [1.165, 1.54) is 0 Å². The van der Waals surface area contributed by atoms with Crippen LogP contribution in [0.2, 0.25) is 0 Å². The molecule has 0 aromatic carbocycles. The highest BCUT2D eigenvalue weighted by Crippen LogP contribution is 2.38. The molecule has 0 amide bonds. The lowest BCUT2D eigenvalue weighted by Crippen LogP contribution is -2.31. The summed E-state index contributed by atoms with van der Waals surface area (Å²) in [5, 5.41) is 4.11. The van der Waals surface area contributed by atoms with Crippen molar-refractivity contribution in [2.24, 2.45) is 0 Å². The van der Waals surface area contributed by atoms with Crippen molar-refractivity contribution in [1.82, 2.24) is 15.2 Å². The Balaban J connectivity index is 1.88. The standard InChI is InChI=1S/C16H19N3O2S/c1-20-10-5-9-19-15(13-7-4-11-21-13)14(18-16(19)22)12-6-2-3-8-17-12/h2-4,6-8,11,14-15H,5,9-10H2,1H3,(H,18,22)/t14-,15-/m0/s1. The fourth-order valence-electron chi connectivity index (χ4n) is 2.79. The molecule has 1 aliphatic rings. The van der Waals surface area contributed by atoms with E-state index in [0.717, 1.165) is 29.5 Å². The second-order valence-corrected chi connectivity index (χ2v) is 5.57. The quantitative estimate of drug-likeness (QED) is 0.653. The zero-order chi connectivity index (χ0) is 15.4. The molecule has 22 heavy (non-hydrogen) atoms. The number of nitrogens with one attached hydrogen (secondary N) is 1. The third kappa shape index (κ3) is 2.98. The van der Waals surface area contributed by atoms with E-state index in [0.29, 0.717) is 6.61 Å². The first kappa shape index (κ1) is 15.0. The fourth-order valence-corrected chi connectivity index (χ4v) is 3.13. The van der Waals surface area contributed by atoms with E-state index < -0.39 is 0 Å². The molecule has 0 bridgehead atoms. The molecule has 6 heteroatoms. The molecule has 0 saturated carbocycles. The van der Waals surface area contributed by atoms with Crippen LogP contribution in [-0.2, 0) is 4.74 Å². The van der Waals surface area contributed by atoms with Gasteiger partial charge in [-0.05, 0) is 42.9 Å². The van der Waals surface area contributed by atoms with Crippen molar-refractivity contribution in [3.63, 3.8) is 0 Å². The van der Waals surface area contributed by atoms with Crippen LogP contribution in [0.4, 0.5) is 0 Å². The molecule has 0 unspecified atom stereocenters. The monoisotopic (exact) mass is 317 g/mol. The molecule has 0 aliphatic carbocycles. The van der Waals surface area contributed by atoms with E-state index in [2.05, 4.69) is 15.2 Å². The van der Waals surface area contributed by atoms with Crippen LogP contribution < -0.4 is 5.32 Å². The lowest BCUT2D eigenvalue weighted by molar-refractivity contribution is 0.177. The number of hydrogen-bond donors (Lipinski definition) is 1. The maximum atomic E-state index is 5.65. The van der Waals surface area contributed by atoms with E-state index in [1.807, 2.05) is 30.3 Å². The SMILES string of the molecule is COCCCN1C(=S)N[C@@H](c2ccccn2)[C@@H]1c1ccco1. The first-order valence-corrected chi connectivity index (χ1v) is 7.72. The largest absolute Gasteiger partial charge is 0.467 e. The average molecular weight is 317 g/mol. The Hall–Kier alpha value is -1.92. The van der Waals surface area contributed by atoms with Gasteiger partial charge in [0.2, 0.25) is 0 Å². The normalized spacial score (nSPS) is 21.1. The molecule has 116 valence electrons. The smallest absolute Gasteiger partial charge is 0.170 e. The van der Waals surface area contributed by atoms with Gasteiger partial charge in [-0.25, -0.2) is 0 Å².